The van der Waals surface area contributed by atoms with Crippen molar-refractivity contribution >= 4 is 23.1 Å². The van der Waals surface area contributed by atoms with Gasteiger partial charge in [0.1, 0.15) is 0 Å². The minimum Gasteiger partial charge on any atom is -0.394 e. The topological polar surface area (TPSA) is 84.1 Å². The Hall–Kier alpha value is -1.07. The van der Waals surface area contributed by atoms with E-state index in [4.69, 9.17) is 22.4 Å². The molecule has 0 radical (unpaired) electrons. The van der Waals surface area contributed by atoms with Gasteiger partial charge in [0.15, 0.2) is 5.82 Å². The minimum absolute atomic E-state index is 0.0346. The number of nitrogens with one attached hydrogen (secondary N) is 1. The van der Waals surface area contributed by atoms with Crippen molar-refractivity contribution in [3.05, 3.63) is 11.0 Å². The van der Waals surface area contributed by atoms with E-state index in [1.165, 1.54) is 0 Å². The number of aliphatic hydroxyl groups excluding tert-OH is 1. The van der Waals surface area contributed by atoms with Crippen molar-refractivity contribution in [2.75, 3.05) is 17.7 Å². The molecule has 0 atom stereocenters. The summed E-state index contributed by atoms with van der Waals surface area (Å²) in [5, 5.41) is 12.2. The number of aromatic nitrogens is 2. The lowest BCUT2D eigenvalue weighted by Gasteiger charge is -2.25. The van der Waals surface area contributed by atoms with Gasteiger partial charge in [-0.05, 0) is 32.4 Å². The van der Waals surface area contributed by atoms with E-state index in [1.54, 1.807) is 6.92 Å². The van der Waals surface area contributed by atoms with Crippen LogP contribution in [0.2, 0.25) is 5.28 Å². The summed E-state index contributed by atoms with van der Waals surface area (Å²) in [5.41, 5.74) is 6.35. The Bertz CT molecular complexity index is 367. The summed E-state index contributed by atoms with van der Waals surface area (Å²) in [4.78, 5) is 7.89. The van der Waals surface area contributed by atoms with Crippen LogP contribution in [-0.2, 0) is 0 Å². The van der Waals surface area contributed by atoms with Crippen molar-refractivity contribution in [2.24, 2.45) is 0 Å². The van der Waals surface area contributed by atoms with E-state index < -0.39 is 5.54 Å². The first-order chi connectivity index (χ1) is 6.85. The van der Waals surface area contributed by atoms with Gasteiger partial charge in [-0.25, -0.2) is 4.98 Å². The standard InChI is InChI=1S/C9H15ClN4O/c1-5-6(11)7(13-8(10)12-5)14-9(2,3)4-15/h15H,4,11H2,1-3H3,(H,12,13,14). The van der Waals surface area contributed by atoms with Crippen LogP contribution < -0.4 is 11.1 Å². The lowest BCUT2D eigenvalue weighted by Crippen LogP contribution is -2.35. The predicted octanol–water partition coefficient (Wildman–Crippen LogP) is 1.20. The van der Waals surface area contributed by atoms with E-state index in [0.717, 1.165) is 0 Å². The maximum Gasteiger partial charge on any atom is 0.224 e. The van der Waals surface area contributed by atoms with Crippen LogP contribution in [0.15, 0.2) is 0 Å². The van der Waals surface area contributed by atoms with Crippen LogP contribution >= 0.6 is 11.6 Å². The highest BCUT2D eigenvalue weighted by atomic mass is 35.5. The Kier molecular flexibility index (Phi) is 3.36. The third kappa shape index (κ3) is 2.94. The van der Waals surface area contributed by atoms with Gasteiger partial charge in [-0.2, -0.15) is 4.98 Å². The molecule has 1 aromatic heterocycles. The van der Waals surface area contributed by atoms with E-state index in [-0.39, 0.29) is 11.9 Å². The fraction of sp³-hybridized carbons (Fsp3) is 0.556. The van der Waals surface area contributed by atoms with Crippen molar-refractivity contribution in [2.45, 2.75) is 26.3 Å². The summed E-state index contributed by atoms with van der Waals surface area (Å²) in [7, 11) is 0. The average Bonchev–Trinajstić information content (AvgIpc) is 2.13. The van der Waals surface area contributed by atoms with Crippen molar-refractivity contribution in [3.63, 3.8) is 0 Å². The van der Waals surface area contributed by atoms with Crippen LogP contribution in [0.3, 0.4) is 0 Å². The van der Waals surface area contributed by atoms with E-state index in [0.29, 0.717) is 17.2 Å². The molecule has 0 amide bonds. The quantitative estimate of drug-likeness (QED) is 0.680. The van der Waals surface area contributed by atoms with Crippen LogP contribution in [0.5, 0.6) is 0 Å². The number of halogens is 1. The molecule has 15 heavy (non-hydrogen) atoms. The molecule has 0 spiro atoms. The van der Waals surface area contributed by atoms with Gasteiger partial charge < -0.3 is 16.2 Å². The molecule has 0 aromatic carbocycles. The first kappa shape index (κ1) is 12.0. The number of aliphatic hydroxyl groups is 1. The van der Waals surface area contributed by atoms with Crippen LogP contribution in [-0.4, -0.2) is 27.2 Å². The van der Waals surface area contributed by atoms with Gasteiger partial charge in [-0.3, -0.25) is 0 Å². The fourth-order valence-corrected chi connectivity index (χ4v) is 1.21. The molecular formula is C9H15ClN4O. The zero-order chi connectivity index (χ0) is 11.6. The third-order valence-corrected chi connectivity index (χ3v) is 2.13. The Morgan fingerprint density at radius 3 is 2.60 bits per heavy atom. The molecule has 0 aliphatic heterocycles. The first-order valence-corrected chi connectivity index (χ1v) is 4.92. The molecule has 0 aliphatic rings. The maximum atomic E-state index is 9.11. The molecule has 0 aliphatic carbocycles. The molecule has 0 saturated carbocycles. The van der Waals surface area contributed by atoms with Crippen molar-refractivity contribution in [3.8, 4) is 0 Å². The number of aryl methyl sites for hydroxylation is 1. The highest BCUT2D eigenvalue weighted by Crippen LogP contribution is 2.23. The molecule has 6 heteroatoms. The van der Waals surface area contributed by atoms with Crippen LogP contribution in [0.1, 0.15) is 19.5 Å². The lowest BCUT2D eigenvalue weighted by atomic mass is 10.1. The Morgan fingerprint density at radius 1 is 1.47 bits per heavy atom. The summed E-state index contributed by atoms with van der Waals surface area (Å²) in [6.07, 6.45) is 0. The van der Waals surface area contributed by atoms with E-state index in [1.807, 2.05) is 13.8 Å². The Balaban J connectivity index is 3.05. The van der Waals surface area contributed by atoms with Gasteiger partial charge in [0.25, 0.3) is 0 Å². The van der Waals surface area contributed by atoms with E-state index in [9.17, 15) is 0 Å². The number of nitrogens with two attached hydrogens (primary N) is 1. The SMILES string of the molecule is Cc1nc(Cl)nc(NC(C)(C)CO)c1N. The summed E-state index contributed by atoms with van der Waals surface area (Å²) in [6.45, 7) is 5.38. The molecule has 0 fully saturated rings. The Morgan fingerprint density at radius 2 is 2.07 bits per heavy atom. The molecule has 5 nitrogen and oxygen atoms in total. The number of nitrogen functional groups attached to an aromatic ring is 1. The van der Waals surface area contributed by atoms with Gasteiger partial charge in [0.2, 0.25) is 5.28 Å². The second-order valence-corrected chi connectivity index (χ2v) is 4.35. The third-order valence-electron chi connectivity index (χ3n) is 1.96. The van der Waals surface area contributed by atoms with Crippen molar-refractivity contribution in [1.29, 1.82) is 0 Å². The molecule has 0 saturated heterocycles. The zero-order valence-electron chi connectivity index (χ0n) is 9.00. The largest absolute Gasteiger partial charge is 0.394 e. The van der Waals surface area contributed by atoms with Crippen molar-refractivity contribution in [1.82, 2.24) is 9.97 Å². The molecule has 1 heterocycles. The van der Waals surface area contributed by atoms with Gasteiger partial charge in [-0.15, -0.1) is 0 Å². The van der Waals surface area contributed by atoms with Gasteiger partial charge >= 0.3 is 0 Å². The molecule has 84 valence electrons. The smallest absolute Gasteiger partial charge is 0.224 e. The molecule has 0 unspecified atom stereocenters. The lowest BCUT2D eigenvalue weighted by molar-refractivity contribution is 0.234. The predicted molar refractivity (Wildman–Crippen MR) is 61.0 cm³/mol. The summed E-state index contributed by atoms with van der Waals surface area (Å²) in [6, 6.07) is 0. The van der Waals surface area contributed by atoms with E-state index in [2.05, 4.69) is 15.3 Å². The van der Waals surface area contributed by atoms with Gasteiger partial charge in [0, 0.05) is 0 Å². The maximum absolute atomic E-state index is 9.11. The molecule has 0 bridgehead atoms. The highest BCUT2D eigenvalue weighted by molar-refractivity contribution is 6.28. The first-order valence-electron chi connectivity index (χ1n) is 4.54. The van der Waals surface area contributed by atoms with Gasteiger partial charge in [0.05, 0.1) is 23.5 Å². The van der Waals surface area contributed by atoms with Crippen LogP contribution in [0.4, 0.5) is 11.5 Å². The second-order valence-electron chi connectivity index (χ2n) is 4.01. The monoisotopic (exact) mass is 230 g/mol. The van der Waals surface area contributed by atoms with Gasteiger partial charge in [-0.1, -0.05) is 0 Å². The molecule has 1 aromatic rings. The number of nitrogens with zero attached hydrogens (tertiary/aromatic N) is 2. The van der Waals surface area contributed by atoms with E-state index >= 15 is 0 Å². The van der Waals surface area contributed by atoms with Crippen LogP contribution in [0.25, 0.3) is 0 Å². The normalized spacial score (nSPS) is 11.5. The average molecular weight is 231 g/mol. The Labute approximate surface area is 93.7 Å². The molecule has 4 N–H and O–H groups in total. The van der Waals surface area contributed by atoms with Crippen molar-refractivity contribution < 1.29 is 5.11 Å². The molecular weight excluding hydrogens is 216 g/mol. The number of hydrogen-bond acceptors (Lipinski definition) is 5. The summed E-state index contributed by atoms with van der Waals surface area (Å²) < 4.78 is 0. The minimum atomic E-state index is -0.502. The number of hydrogen-bond donors (Lipinski definition) is 3. The summed E-state index contributed by atoms with van der Waals surface area (Å²) >= 11 is 5.71. The summed E-state index contributed by atoms with van der Waals surface area (Å²) in [5.74, 6) is 0.451. The second kappa shape index (κ2) is 4.20. The fourth-order valence-electron chi connectivity index (χ4n) is 1.00. The van der Waals surface area contributed by atoms with Crippen LogP contribution in [0, 0.1) is 6.92 Å². The number of rotatable bonds is 3. The molecule has 1 rings (SSSR count). The highest BCUT2D eigenvalue weighted by Gasteiger charge is 2.19. The number of anilines is 2. The zero-order valence-corrected chi connectivity index (χ0v) is 9.76.